The first kappa shape index (κ1) is 19.8. The van der Waals surface area contributed by atoms with Crippen molar-refractivity contribution >= 4 is 24.7 Å². The molecule has 1 aliphatic carbocycles. The minimum Gasteiger partial charge on any atom is -0.481 e. The van der Waals surface area contributed by atoms with Crippen LogP contribution in [0.4, 0.5) is 4.39 Å². The van der Waals surface area contributed by atoms with Crippen LogP contribution in [0.15, 0.2) is 60.7 Å². The Morgan fingerprint density at radius 1 is 1.00 bits per heavy atom. The molecule has 3 rings (SSSR count). The summed E-state index contributed by atoms with van der Waals surface area (Å²) in [6.07, 6.45) is -1.70. The number of benzene rings is 2. The van der Waals surface area contributed by atoms with E-state index in [1.54, 1.807) is 0 Å². The number of carbonyl (C=O) groups is 1. The summed E-state index contributed by atoms with van der Waals surface area (Å²) in [6.45, 7) is 6.41. The second-order valence-corrected chi connectivity index (χ2v) is 12.6. The normalized spacial score (nSPS) is 23.3. The molecule has 1 saturated carbocycles. The Morgan fingerprint density at radius 2 is 1.48 bits per heavy atom. The molecule has 2 aromatic carbocycles. The summed E-state index contributed by atoms with van der Waals surface area (Å²) in [7, 11) is -2.85. The van der Waals surface area contributed by atoms with Crippen molar-refractivity contribution in [1.29, 1.82) is 0 Å². The molecule has 0 radical (unpaired) electrons. The van der Waals surface area contributed by atoms with Gasteiger partial charge in [0.2, 0.25) is 0 Å². The number of hydrogen-bond donors (Lipinski definition) is 1. The highest BCUT2D eigenvalue weighted by atomic mass is 28.4. The van der Waals surface area contributed by atoms with Gasteiger partial charge in [0.05, 0.1) is 12.0 Å². The van der Waals surface area contributed by atoms with Crippen molar-refractivity contribution in [3.8, 4) is 0 Å². The van der Waals surface area contributed by atoms with Gasteiger partial charge in [-0.2, -0.15) is 0 Å². The van der Waals surface area contributed by atoms with Gasteiger partial charge in [-0.05, 0) is 28.3 Å². The zero-order valence-corrected chi connectivity index (χ0v) is 17.1. The van der Waals surface area contributed by atoms with Crippen LogP contribution in [0.5, 0.6) is 0 Å². The quantitative estimate of drug-likeness (QED) is 0.796. The highest BCUT2D eigenvalue weighted by Gasteiger charge is 2.54. The average Bonchev–Trinajstić information content (AvgIpc) is 3.01. The van der Waals surface area contributed by atoms with Gasteiger partial charge in [0.25, 0.3) is 8.32 Å². The molecule has 1 fully saturated rings. The summed E-state index contributed by atoms with van der Waals surface area (Å²) in [6, 6.07) is 20.1. The highest BCUT2D eigenvalue weighted by molar-refractivity contribution is 6.99. The third-order valence-corrected chi connectivity index (χ3v) is 10.6. The van der Waals surface area contributed by atoms with E-state index < -0.39 is 32.5 Å². The predicted octanol–water partition coefficient (Wildman–Crippen LogP) is 3.76. The van der Waals surface area contributed by atoms with Gasteiger partial charge >= 0.3 is 5.97 Å². The molecule has 1 N–H and O–H groups in total. The molecule has 0 aliphatic heterocycles. The third-order valence-electron chi connectivity index (χ3n) is 5.52. The maximum atomic E-state index is 14.8. The molecule has 3 unspecified atom stereocenters. The smallest absolute Gasteiger partial charge is 0.306 e. The first-order valence-corrected chi connectivity index (χ1v) is 11.3. The Morgan fingerprint density at radius 3 is 1.85 bits per heavy atom. The standard InChI is InChI=1S/C22H27FO3Si/c1-22(2,3)27(17-10-6-4-7-11-17,18-12-8-5-9-13-18)26-20-15-16(21(24)25)14-19(20)23/h4-13,16,19-20H,14-15H2,1-3H3,(H,24,25). The van der Waals surface area contributed by atoms with Crippen LogP contribution in [0.25, 0.3) is 0 Å². The van der Waals surface area contributed by atoms with Crippen LogP contribution >= 0.6 is 0 Å². The molecule has 144 valence electrons. The summed E-state index contributed by atoms with van der Waals surface area (Å²) in [5.41, 5.74) is 0. The maximum Gasteiger partial charge on any atom is 0.306 e. The molecule has 0 heterocycles. The fourth-order valence-electron chi connectivity index (χ4n) is 4.19. The van der Waals surface area contributed by atoms with Crippen molar-refractivity contribution in [2.24, 2.45) is 5.92 Å². The van der Waals surface area contributed by atoms with Crippen molar-refractivity contribution in [1.82, 2.24) is 0 Å². The molecule has 3 nitrogen and oxygen atoms in total. The maximum absolute atomic E-state index is 14.8. The van der Waals surface area contributed by atoms with Crippen molar-refractivity contribution in [3.63, 3.8) is 0 Å². The summed E-state index contributed by atoms with van der Waals surface area (Å²) >= 11 is 0. The lowest BCUT2D eigenvalue weighted by molar-refractivity contribution is -0.141. The number of carboxylic acids is 1. The average molecular weight is 387 g/mol. The van der Waals surface area contributed by atoms with Gasteiger partial charge in [-0.3, -0.25) is 4.79 Å². The minimum absolute atomic E-state index is 0.0260. The van der Waals surface area contributed by atoms with Gasteiger partial charge in [-0.25, -0.2) is 4.39 Å². The van der Waals surface area contributed by atoms with Crippen LogP contribution in [-0.2, 0) is 9.22 Å². The van der Waals surface area contributed by atoms with Crippen LogP contribution in [0.2, 0.25) is 5.04 Å². The van der Waals surface area contributed by atoms with Gasteiger partial charge in [0.1, 0.15) is 6.17 Å². The first-order valence-electron chi connectivity index (χ1n) is 9.41. The zero-order chi connectivity index (χ0) is 19.7. The van der Waals surface area contributed by atoms with E-state index >= 15 is 0 Å². The Bertz CT molecular complexity index is 734. The molecular weight excluding hydrogens is 359 g/mol. The second-order valence-electron chi connectivity index (χ2n) is 8.34. The number of rotatable bonds is 5. The molecule has 0 spiro atoms. The second kappa shape index (κ2) is 7.56. The van der Waals surface area contributed by atoms with E-state index in [9.17, 15) is 14.3 Å². The van der Waals surface area contributed by atoms with Gasteiger partial charge in [-0.15, -0.1) is 0 Å². The Hall–Kier alpha value is -1.98. The Labute approximate surface area is 161 Å². The van der Waals surface area contributed by atoms with Crippen molar-refractivity contribution in [2.45, 2.75) is 50.9 Å². The van der Waals surface area contributed by atoms with Crippen LogP contribution in [0.1, 0.15) is 33.6 Å². The Balaban J connectivity index is 2.12. The molecule has 0 saturated heterocycles. The number of aliphatic carboxylic acids is 1. The number of carboxylic acid groups (broad SMARTS) is 1. The largest absolute Gasteiger partial charge is 0.481 e. The van der Waals surface area contributed by atoms with E-state index in [1.165, 1.54) is 0 Å². The predicted molar refractivity (Wildman–Crippen MR) is 108 cm³/mol. The number of alkyl halides is 1. The van der Waals surface area contributed by atoms with E-state index in [2.05, 4.69) is 45.0 Å². The molecule has 1 aliphatic rings. The summed E-state index contributed by atoms with van der Waals surface area (Å²) in [5, 5.41) is 11.2. The van der Waals surface area contributed by atoms with Gasteiger partial charge < -0.3 is 9.53 Å². The summed E-state index contributed by atoms with van der Waals surface area (Å²) in [4.78, 5) is 11.4. The topological polar surface area (TPSA) is 46.5 Å². The molecular formula is C22H27FO3Si. The van der Waals surface area contributed by atoms with Gasteiger partial charge in [-0.1, -0.05) is 81.4 Å². The third kappa shape index (κ3) is 3.71. The van der Waals surface area contributed by atoms with E-state index in [0.717, 1.165) is 10.4 Å². The molecule has 5 heteroatoms. The van der Waals surface area contributed by atoms with Crippen LogP contribution in [0, 0.1) is 5.92 Å². The minimum atomic E-state index is -2.85. The van der Waals surface area contributed by atoms with Crippen molar-refractivity contribution in [2.75, 3.05) is 0 Å². The molecule has 27 heavy (non-hydrogen) atoms. The van der Waals surface area contributed by atoms with Crippen LogP contribution in [-0.4, -0.2) is 31.7 Å². The fourth-order valence-corrected chi connectivity index (χ4v) is 8.90. The van der Waals surface area contributed by atoms with Crippen LogP contribution < -0.4 is 10.4 Å². The first-order chi connectivity index (χ1) is 12.8. The lowest BCUT2D eigenvalue weighted by Gasteiger charge is -2.45. The summed E-state index contributed by atoms with van der Waals surface area (Å²) < 4.78 is 21.5. The molecule has 0 amide bonds. The van der Waals surface area contributed by atoms with Crippen LogP contribution in [0.3, 0.4) is 0 Å². The molecule has 3 atom stereocenters. The van der Waals surface area contributed by atoms with Crippen molar-refractivity contribution < 1.29 is 18.7 Å². The van der Waals surface area contributed by atoms with E-state index in [0.29, 0.717) is 0 Å². The lowest BCUT2D eigenvalue weighted by atomic mass is 10.1. The molecule has 0 aromatic heterocycles. The Kier molecular flexibility index (Phi) is 5.54. The monoisotopic (exact) mass is 386 g/mol. The highest BCUT2D eigenvalue weighted by Crippen LogP contribution is 2.41. The van der Waals surface area contributed by atoms with E-state index in [-0.39, 0.29) is 17.9 Å². The van der Waals surface area contributed by atoms with E-state index in [1.807, 2.05) is 36.4 Å². The fraction of sp³-hybridized carbons (Fsp3) is 0.409. The summed E-state index contributed by atoms with van der Waals surface area (Å²) in [5.74, 6) is -1.62. The van der Waals surface area contributed by atoms with E-state index in [4.69, 9.17) is 4.43 Å². The SMILES string of the molecule is CC(C)(C)[Si](OC1CC(C(=O)O)CC1F)(c1ccccc1)c1ccccc1. The number of halogens is 1. The molecule has 2 aromatic rings. The van der Waals surface area contributed by atoms with Crippen molar-refractivity contribution in [3.05, 3.63) is 60.7 Å². The molecule has 0 bridgehead atoms. The lowest BCUT2D eigenvalue weighted by Crippen LogP contribution is -2.68. The van der Waals surface area contributed by atoms with Gasteiger partial charge in [0, 0.05) is 0 Å². The zero-order valence-electron chi connectivity index (χ0n) is 16.1. The number of hydrogen-bond acceptors (Lipinski definition) is 2. The van der Waals surface area contributed by atoms with Gasteiger partial charge in [0.15, 0.2) is 0 Å².